The van der Waals surface area contributed by atoms with Gasteiger partial charge in [0, 0.05) is 19.5 Å². The van der Waals surface area contributed by atoms with Gasteiger partial charge in [0.15, 0.2) is 0 Å². The molecule has 0 radical (unpaired) electrons. The molecule has 1 N–H and O–H groups in total. The predicted molar refractivity (Wildman–Crippen MR) is 95.1 cm³/mol. The first-order valence-electron chi connectivity index (χ1n) is 9.82. The zero-order valence-corrected chi connectivity index (χ0v) is 14.9. The second-order valence-corrected chi connectivity index (χ2v) is 6.83. The van der Waals surface area contributed by atoms with Crippen molar-refractivity contribution in [3.63, 3.8) is 0 Å². The number of likely N-dealkylation sites (tertiary alicyclic amines) is 1. The highest BCUT2D eigenvalue weighted by molar-refractivity contribution is 5.75. The number of amides is 1. The lowest BCUT2D eigenvalue weighted by Gasteiger charge is -2.26. The Kier molecular flexibility index (Phi) is 12.4. The molecule has 130 valence electrons. The smallest absolute Gasteiger partial charge is 0.220 e. The number of carbonyl (C=O) groups is 1. The van der Waals surface area contributed by atoms with E-state index in [9.17, 15) is 4.79 Å². The lowest BCUT2D eigenvalue weighted by atomic mass is 10.1. The van der Waals surface area contributed by atoms with Crippen molar-refractivity contribution >= 4 is 5.91 Å². The summed E-state index contributed by atoms with van der Waals surface area (Å²) in [5.41, 5.74) is 0. The Hall–Kier alpha value is -0.570. The standard InChI is InChI=1S/C19H38N2O/c1-2-3-4-5-6-7-8-9-11-14-19(22)20-15-18-21-16-12-10-13-17-21/h2-18H2,1H3,(H,20,22). The van der Waals surface area contributed by atoms with Crippen LogP contribution in [-0.4, -0.2) is 37.0 Å². The van der Waals surface area contributed by atoms with Gasteiger partial charge in [-0.2, -0.15) is 0 Å². The normalized spacial score (nSPS) is 15.9. The van der Waals surface area contributed by atoms with Crippen molar-refractivity contribution in [1.82, 2.24) is 10.2 Å². The van der Waals surface area contributed by atoms with Gasteiger partial charge in [0.2, 0.25) is 5.91 Å². The first-order chi connectivity index (χ1) is 10.8. The number of rotatable bonds is 13. The van der Waals surface area contributed by atoms with E-state index in [1.807, 2.05) is 0 Å². The Morgan fingerprint density at radius 3 is 2.09 bits per heavy atom. The second kappa shape index (κ2) is 14.0. The maximum Gasteiger partial charge on any atom is 0.220 e. The molecule has 0 aromatic heterocycles. The largest absolute Gasteiger partial charge is 0.355 e. The van der Waals surface area contributed by atoms with E-state index in [4.69, 9.17) is 0 Å². The summed E-state index contributed by atoms with van der Waals surface area (Å²) in [5.74, 6) is 0.250. The average Bonchev–Trinajstić information content (AvgIpc) is 2.54. The molecule has 0 saturated carbocycles. The molecule has 0 atom stereocenters. The van der Waals surface area contributed by atoms with Crippen LogP contribution in [0, 0.1) is 0 Å². The molecule has 1 amide bonds. The van der Waals surface area contributed by atoms with Gasteiger partial charge in [-0.05, 0) is 32.4 Å². The lowest BCUT2D eigenvalue weighted by Crippen LogP contribution is -2.37. The van der Waals surface area contributed by atoms with Crippen LogP contribution in [-0.2, 0) is 4.79 Å². The molecule has 0 unspecified atom stereocenters. The third-order valence-corrected chi connectivity index (χ3v) is 4.71. The van der Waals surface area contributed by atoms with E-state index in [1.54, 1.807) is 0 Å². The molecular weight excluding hydrogens is 272 g/mol. The molecule has 1 aliphatic rings. The average molecular weight is 311 g/mol. The molecular formula is C19H38N2O. The van der Waals surface area contributed by atoms with Gasteiger partial charge in [-0.25, -0.2) is 0 Å². The summed E-state index contributed by atoms with van der Waals surface area (Å²) in [6.07, 6.45) is 16.6. The van der Waals surface area contributed by atoms with E-state index < -0.39 is 0 Å². The number of nitrogens with zero attached hydrogens (tertiary/aromatic N) is 1. The molecule has 0 aromatic carbocycles. The highest BCUT2D eigenvalue weighted by atomic mass is 16.1. The molecule has 0 spiro atoms. The Morgan fingerprint density at radius 1 is 0.864 bits per heavy atom. The highest BCUT2D eigenvalue weighted by Gasteiger charge is 2.09. The van der Waals surface area contributed by atoms with Crippen LogP contribution in [0.25, 0.3) is 0 Å². The van der Waals surface area contributed by atoms with Gasteiger partial charge < -0.3 is 10.2 Å². The summed E-state index contributed by atoms with van der Waals surface area (Å²) < 4.78 is 0. The lowest BCUT2D eigenvalue weighted by molar-refractivity contribution is -0.121. The summed E-state index contributed by atoms with van der Waals surface area (Å²) in [6.45, 7) is 6.56. The Labute approximate surface area is 138 Å². The van der Waals surface area contributed by atoms with Gasteiger partial charge in [-0.3, -0.25) is 4.79 Å². The summed E-state index contributed by atoms with van der Waals surface area (Å²) >= 11 is 0. The Balaban J connectivity index is 1.81. The maximum absolute atomic E-state index is 11.8. The Morgan fingerprint density at radius 2 is 1.45 bits per heavy atom. The molecule has 0 aromatic rings. The number of hydrogen-bond donors (Lipinski definition) is 1. The van der Waals surface area contributed by atoms with Gasteiger partial charge in [0.1, 0.15) is 0 Å². The van der Waals surface area contributed by atoms with Crippen molar-refractivity contribution in [2.75, 3.05) is 26.2 Å². The molecule has 1 fully saturated rings. The van der Waals surface area contributed by atoms with E-state index in [0.717, 1.165) is 25.9 Å². The number of carbonyl (C=O) groups excluding carboxylic acids is 1. The number of piperidine rings is 1. The zero-order chi connectivity index (χ0) is 15.9. The molecule has 1 heterocycles. The quantitative estimate of drug-likeness (QED) is 0.508. The van der Waals surface area contributed by atoms with E-state index in [2.05, 4.69) is 17.1 Å². The van der Waals surface area contributed by atoms with Crippen LogP contribution >= 0.6 is 0 Å². The van der Waals surface area contributed by atoms with Crippen LogP contribution in [0.3, 0.4) is 0 Å². The van der Waals surface area contributed by atoms with Crippen LogP contribution in [0.1, 0.15) is 90.4 Å². The summed E-state index contributed by atoms with van der Waals surface area (Å²) in [4.78, 5) is 14.2. The van der Waals surface area contributed by atoms with Crippen molar-refractivity contribution in [1.29, 1.82) is 0 Å². The zero-order valence-electron chi connectivity index (χ0n) is 14.9. The molecule has 1 saturated heterocycles. The van der Waals surface area contributed by atoms with E-state index in [0.29, 0.717) is 0 Å². The van der Waals surface area contributed by atoms with Crippen LogP contribution in [0.15, 0.2) is 0 Å². The fourth-order valence-electron chi connectivity index (χ4n) is 3.22. The van der Waals surface area contributed by atoms with Crippen LogP contribution in [0.2, 0.25) is 0 Å². The molecule has 1 aliphatic heterocycles. The van der Waals surface area contributed by atoms with Crippen LogP contribution < -0.4 is 5.32 Å². The van der Waals surface area contributed by atoms with Gasteiger partial charge in [-0.1, -0.05) is 64.7 Å². The number of hydrogen-bond acceptors (Lipinski definition) is 2. The SMILES string of the molecule is CCCCCCCCCCCC(=O)NCCN1CCCCC1. The van der Waals surface area contributed by atoms with Gasteiger partial charge in [0.05, 0.1) is 0 Å². The minimum atomic E-state index is 0.250. The Bertz CT molecular complexity index is 262. The fourth-order valence-corrected chi connectivity index (χ4v) is 3.22. The van der Waals surface area contributed by atoms with Crippen molar-refractivity contribution in [2.45, 2.75) is 90.4 Å². The molecule has 1 rings (SSSR count). The van der Waals surface area contributed by atoms with Gasteiger partial charge >= 0.3 is 0 Å². The predicted octanol–water partition coefficient (Wildman–Crippen LogP) is 4.51. The van der Waals surface area contributed by atoms with Crippen molar-refractivity contribution in [3.05, 3.63) is 0 Å². The molecule has 3 heteroatoms. The minimum Gasteiger partial charge on any atom is -0.355 e. The first-order valence-corrected chi connectivity index (χ1v) is 9.82. The van der Waals surface area contributed by atoms with Crippen molar-refractivity contribution in [3.8, 4) is 0 Å². The summed E-state index contributed by atoms with van der Waals surface area (Å²) in [7, 11) is 0. The van der Waals surface area contributed by atoms with E-state index in [1.165, 1.54) is 83.7 Å². The second-order valence-electron chi connectivity index (χ2n) is 6.83. The summed E-state index contributed by atoms with van der Waals surface area (Å²) in [6, 6.07) is 0. The highest BCUT2D eigenvalue weighted by Crippen LogP contribution is 2.10. The topological polar surface area (TPSA) is 32.3 Å². The maximum atomic E-state index is 11.8. The minimum absolute atomic E-state index is 0.250. The number of nitrogens with one attached hydrogen (secondary N) is 1. The monoisotopic (exact) mass is 310 g/mol. The van der Waals surface area contributed by atoms with Crippen molar-refractivity contribution in [2.24, 2.45) is 0 Å². The van der Waals surface area contributed by atoms with Crippen molar-refractivity contribution < 1.29 is 4.79 Å². The van der Waals surface area contributed by atoms with E-state index in [-0.39, 0.29) is 5.91 Å². The molecule has 0 aliphatic carbocycles. The number of unbranched alkanes of at least 4 members (excludes halogenated alkanes) is 8. The molecule has 3 nitrogen and oxygen atoms in total. The molecule has 22 heavy (non-hydrogen) atoms. The van der Waals surface area contributed by atoms with Gasteiger partial charge in [0.25, 0.3) is 0 Å². The fraction of sp³-hybridized carbons (Fsp3) is 0.947. The van der Waals surface area contributed by atoms with Crippen LogP contribution in [0.4, 0.5) is 0 Å². The van der Waals surface area contributed by atoms with E-state index >= 15 is 0 Å². The molecule has 0 bridgehead atoms. The third kappa shape index (κ3) is 11.1. The summed E-state index contributed by atoms with van der Waals surface area (Å²) in [5, 5.41) is 3.07. The van der Waals surface area contributed by atoms with Gasteiger partial charge in [-0.15, -0.1) is 0 Å². The van der Waals surface area contributed by atoms with Crippen LogP contribution in [0.5, 0.6) is 0 Å². The third-order valence-electron chi connectivity index (χ3n) is 4.71. The first kappa shape index (κ1) is 19.5.